The fourth-order valence-corrected chi connectivity index (χ4v) is 2.53. The van der Waals surface area contributed by atoms with Crippen molar-refractivity contribution in [3.05, 3.63) is 30.4 Å². The Kier molecular flexibility index (Phi) is 1.95. The number of carbonyl (C=O) groups excluding carboxylic acids is 1. The van der Waals surface area contributed by atoms with Crippen LogP contribution in [0.2, 0.25) is 0 Å². The molecule has 1 amide bonds. The predicted octanol–water partition coefficient (Wildman–Crippen LogP) is 2.45. The molecule has 100 valence electrons. The van der Waals surface area contributed by atoms with Gasteiger partial charge >= 0.3 is 0 Å². The molecule has 2 N–H and O–H groups in total. The van der Waals surface area contributed by atoms with Crippen molar-refractivity contribution in [2.75, 3.05) is 5.32 Å². The first-order valence-electron chi connectivity index (χ1n) is 6.30. The number of carbonyl (C=O) groups is 1. The molecule has 0 fully saturated rings. The molecule has 0 saturated carbocycles. The molecular formula is C14H12N4O2. The zero-order chi connectivity index (χ0) is 13.9. The van der Waals surface area contributed by atoms with Crippen LogP contribution in [0.1, 0.15) is 19.4 Å². The second-order valence-electron chi connectivity index (χ2n) is 5.45. The van der Waals surface area contributed by atoms with Crippen LogP contribution in [0.3, 0.4) is 0 Å². The topological polar surface area (TPSA) is 83.8 Å². The summed E-state index contributed by atoms with van der Waals surface area (Å²) >= 11 is 0. The second kappa shape index (κ2) is 3.47. The highest BCUT2D eigenvalue weighted by atomic mass is 16.3. The summed E-state index contributed by atoms with van der Waals surface area (Å²) in [6, 6.07) is 3.86. The van der Waals surface area contributed by atoms with Gasteiger partial charge in [0.15, 0.2) is 12.2 Å². The summed E-state index contributed by atoms with van der Waals surface area (Å²) in [6.45, 7) is 3.82. The van der Waals surface area contributed by atoms with Crippen molar-refractivity contribution < 1.29 is 9.21 Å². The summed E-state index contributed by atoms with van der Waals surface area (Å²) in [6.07, 6.45) is 2.91. The number of benzene rings is 1. The van der Waals surface area contributed by atoms with E-state index in [0.717, 1.165) is 22.3 Å². The zero-order valence-electron chi connectivity index (χ0n) is 11.0. The van der Waals surface area contributed by atoms with Crippen molar-refractivity contribution in [3.63, 3.8) is 0 Å². The fraction of sp³-hybridized carbons (Fsp3) is 0.214. The van der Waals surface area contributed by atoms with Crippen molar-refractivity contribution in [1.82, 2.24) is 15.0 Å². The number of nitrogens with zero attached hydrogens (tertiary/aromatic N) is 2. The molecule has 0 unspecified atom stereocenters. The van der Waals surface area contributed by atoms with Crippen molar-refractivity contribution in [1.29, 1.82) is 0 Å². The number of fused-ring (bicyclic) bond motifs is 2. The molecule has 20 heavy (non-hydrogen) atoms. The monoisotopic (exact) mass is 268 g/mol. The fourth-order valence-electron chi connectivity index (χ4n) is 2.53. The molecule has 0 atom stereocenters. The van der Waals surface area contributed by atoms with Gasteiger partial charge in [-0.3, -0.25) is 4.79 Å². The van der Waals surface area contributed by atoms with Crippen LogP contribution in [0.15, 0.2) is 29.2 Å². The van der Waals surface area contributed by atoms with Gasteiger partial charge in [0.2, 0.25) is 5.91 Å². The minimum atomic E-state index is -0.525. The number of aromatic nitrogens is 3. The third-order valence-corrected chi connectivity index (χ3v) is 3.79. The van der Waals surface area contributed by atoms with Gasteiger partial charge < -0.3 is 14.7 Å². The maximum absolute atomic E-state index is 11.9. The molecule has 0 bridgehead atoms. The van der Waals surface area contributed by atoms with Crippen molar-refractivity contribution in [2.45, 2.75) is 19.3 Å². The minimum Gasteiger partial charge on any atom is -0.451 e. The molecule has 0 radical (unpaired) electrons. The number of anilines is 1. The number of imidazole rings is 1. The highest BCUT2D eigenvalue weighted by Crippen LogP contribution is 2.39. The van der Waals surface area contributed by atoms with E-state index >= 15 is 0 Å². The Morgan fingerprint density at radius 2 is 2.15 bits per heavy atom. The van der Waals surface area contributed by atoms with Gasteiger partial charge in [0.05, 0.1) is 16.4 Å². The number of amides is 1. The Hall–Kier alpha value is -2.63. The van der Waals surface area contributed by atoms with Gasteiger partial charge in [-0.1, -0.05) is 0 Å². The van der Waals surface area contributed by atoms with E-state index in [-0.39, 0.29) is 5.91 Å². The van der Waals surface area contributed by atoms with E-state index in [2.05, 4.69) is 20.3 Å². The van der Waals surface area contributed by atoms with Crippen LogP contribution < -0.4 is 5.32 Å². The predicted molar refractivity (Wildman–Crippen MR) is 73.2 cm³/mol. The van der Waals surface area contributed by atoms with E-state index in [9.17, 15) is 4.79 Å². The normalized spacial score (nSPS) is 16.4. The van der Waals surface area contributed by atoms with Crippen LogP contribution in [0, 0.1) is 0 Å². The van der Waals surface area contributed by atoms with Gasteiger partial charge in [-0.05, 0) is 31.5 Å². The summed E-state index contributed by atoms with van der Waals surface area (Å²) in [5, 5.41) is 2.90. The Morgan fingerprint density at radius 3 is 2.90 bits per heavy atom. The lowest BCUT2D eigenvalue weighted by Crippen LogP contribution is -2.26. The van der Waals surface area contributed by atoms with E-state index < -0.39 is 5.41 Å². The molecule has 0 spiro atoms. The summed E-state index contributed by atoms with van der Waals surface area (Å²) in [4.78, 5) is 23.7. The molecule has 3 aromatic rings. The lowest BCUT2D eigenvalue weighted by Gasteiger charge is -2.14. The molecule has 0 saturated heterocycles. The molecule has 1 aromatic carbocycles. The van der Waals surface area contributed by atoms with Gasteiger partial charge in [0.25, 0.3) is 0 Å². The van der Waals surface area contributed by atoms with Crippen LogP contribution in [0.5, 0.6) is 0 Å². The number of aromatic amines is 1. The van der Waals surface area contributed by atoms with Crippen LogP contribution >= 0.6 is 0 Å². The maximum Gasteiger partial charge on any atom is 0.234 e. The van der Waals surface area contributed by atoms with Gasteiger partial charge in [0.1, 0.15) is 12.0 Å². The quantitative estimate of drug-likeness (QED) is 0.710. The zero-order valence-corrected chi connectivity index (χ0v) is 11.0. The molecule has 6 heteroatoms. The van der Waals surface area contributed by atoms with Gasteiger partial charge in [-0.2, -0.15) is 0 Å². The van der Waals surface area contributed by atoms with Gasteiger partial charge in [-0.25, -0.2) is 9.97 Å². The summed E-state index contributed by atoms with van der Waals surface area (Å²) in [5.41, 5.74) is 3.61. The standard InChI is InChI=1S/C14H12N4O2/c1-14(2)7-3-9-10(4-8(7)18-13(14)19)17-12(16-9)11-5-20-6-15-11/h3-6H,1-2H3,(H,16,17)(H,18,19). The number of H-pyrrole nitrogens is 1. The van der Waals surface area contributed by atoms with Gasteiger partial charge in [0, 0.05) is 5.69 Å². The number of hydrogen-bond acceptors (Lipinski definition) is 4. The molecule has 1 aliphatic heterocycles. The molecule has 1 aliphatic rings. The molecule has 0 aliphatic carbocycles. The maximum atomic E-state index is 11.9. The van der Waals surface area contributed by atoms with Crippen LogP contribution in [0.4, 0.5) is 5.69 Å². The third kappa shape index (κ3) is 1.36. The average Bonchev–Trinajstić information content (AvgIpc) is 3.08. The first-order chi connectivity index (χ1) is 9.55. The molecule has 4 rings (SSSR count). The number of oxazole rings is 1. The van der Waals surface area contributed by atoms with Gasteiger partial charge in [-0.15, -0.1) is 0 Å². The molecule has 3 heterocycles. The molecule has 6 nitrogen and oxygen atoms in total. The van der Waals surface area contributed by atoms with Crippen molar-refractivity contribution in [2.24, 2.45) is 0 Å². The smallest absolute Gasteiger partial charge is 0.234 e. The van der Waals surface area contributed by atoms with Crippen LogP contribution in [-0.2, 0) is 10.2 Å². The Bertz CT molecular complexity index is 830. The minimum absolute atomic E-state index is 0.0110. The van der Waals surface area contributed by atoms with Crippen molar-refractivity contribution >= 4 is 22.6 Å². The van der Waals surface area contributed by atoms with Crippen molar-refractivity contribution in [3.8, 4) is 11.5 Å². The number of hydrogen-bond donors (Lipinski definition) is 2. The van der Waals surface area contributed by atoms with E-state index in [4.69, 9.17) is 4.42 Å². The average molecular weight is 268 g/mol. The Balaban J connectivity index is 1.93. The lowest BCUT2D eigenvalue weighted by molar-refractivity contribution is -0.119. The lowest BCUT2D eigenvalue weighted by atomic mass is 9.86. The van der Waals surface area contributed by atoms with Crippen LogP contribution in [0.25, 0.3) is 22.6 Å². The van der Waals surface area contributed by atoms with Crippen LogP contribution in [-0.4, -0.2) is 20.9 Å². The molecule has 2 aromatic heterocycles. The van der Waals surface area contributed by atoms with E-state index in [1.807, 2.05) is 26.0 Å². The summed E-state index contributed by atoms with van der Waals surface area (Å²) in [5.74, 6) is 0.665. The highest BCUT2D eigenvalue weighted by Gasteiger charge is 2.38. The first kappa shape index (κ1) is 11.2. The summed E-state index contributed by atoms with van der Waals surface area (Å²) in [7, 11) is 0. The largest absolute Gasteiger partial charge is 0.451 e. The highest BCUT2D eigenvalue weighted by molar-refractivity contribution is 6.07. The Labute approximate surface area is 114 Å². The number of rotatable bonds is 1. The second-order valence-corrected chi connectivity index (χ2v) is 5.45. The summed E-state index contributed by atoms with van der Waals surface area (Å²) < 4.78 is 4.96. The first-order valence-corrected chi connectivity index (χ1v) is 6.30. The SMILES string of the molecule is CC1(C)C(=O)Nc2cc3nc(-c4cocn4)[nH]c3cc21. The Morgan fingerprint density at radius 1 is 1.30 bits per heavy atom. The third-order valence-electron chi connectivity index (χ3n) is 3.79. The van der Waals surface area contributed by atoms with E-state index in [0.29, 0.717) is 11.5 Å². The molecular weight excluding hydrogens is 256 g/mol. The van der Waals surface area contributed by atoms with E-state index in [1.54, 1.807) is 0 Å². The van der Waals surface area contributed by atoms with E-state index in [1.165, 1.54) is 12.7 Å². The number of nitrogens with one attached hydrogen (secondary N) is 2.